The highest BCUT2D eigenvalue weighted by Crippen LogP contribution is 2.37. The van der Waals surface area contributed by atoms with E-state index in [-0.39, 0.29) is 17.0 Å². The number of nitrogens with one attached hydrogen (secondary N) is 1. The summed E-state index contributed by atoms with van der Waals surface area (Å²) >= 11 is 0. The van der Waals surface area contributed by atoms with Gasteiger partial charge < -0.3 is 10.1 Å². The lowest BCUT2D eigenvalue weighted by Crippen LogP contribution is -2.32. The maximum atomic E-state index is 13.8. The number of carbonyl (C=O) groups excluding carboxylic acids is 2. The molecule has 0 bridgehead atoms. The normalized spacial score (nSPS) is 13.7. The second-order valence-corrected chi connectivity index (χ2v) is 7.68. The number of amides is 2. The fraction of sp³-hybridized carbons (Fsp3) is 0.0370. The van der Waals surface area contributed by atoms with Crippen molar-refractivity contribution in [3.8, 4) is 5.75 Å². The van der Waals surface area contributed by atoms with Crippen LogP contribution in [0.2, 0.25) is 0 Å². The molecule has 0 atom stereocenters. The summed E-state index contributed by atoms with van der Waals surface area (Å²) in [4.78, 5) is 28.4. The Balaban J connectivity index is 1.65. The van der Waals surface area contributed by atoms with Crippen molar-refractivity contribution in [1.29, 1.82) is 0 Å². The van der Waals surface area contributed by atoms with E-state index in [1.807, 2.05) is 30.3 Å². The number of benzene rings is 4. The van der Waals surface area contributed by atoms with Gasteiger partial charge in [-0.05, 0) is 41.3 Å². The molecule has 0 radical (unpaired) electrons. The molecule has 4 aromatic rings. The SMILES string of the molecule is COc1ccc(C2=C(Nc3ccc(F)c(F)c3)C(=O)N(c3cccc4ccccc34)C2=O)cc1. The molecule has 2 amide bonds. The Kier molecular flexibility index (Phi) is 5.30. The lowest BCUT2D eigenvalue weighted by atomic mass is 10.0. The highest BCUT2D eigenvalue weighted by atomic mass is 19.2. The molecule has 5 nitrogen and oxygen atoms in total. The lowest BCUT2D eigenvalue weighted by molar-refractivity contribution is -0.120. The monoisotopic (exact) mass is 456 g/mol. The summed E-state index contributed by atoms with van der Waals surface area (Å²) in [6.07, 6.45) is 0. The van der Waals surface area contributed by atoms with E-state index in [9.17, 15) is 18.4 Å². The van der Waals surface area contributed by atoms with E-state index in [0.717, 1.165) is 27.8 Å². The Morgan fingerprint density at radius 1 is 0.794 bits per heavy atom. The van der Waals surface area contributed by atoms with Gasteiger partial charge in [0.05, 0.1) is 18.4 Å². The third-order valence-corrected chi connectivity index (χ3v) is 5.66. The molecule has 7 heteroatoms. The number of methoxy groups -OCH3 is 1. The Morgan fingerprint density at radius 2 is 1.53 bits per heavy atom. The quantitative estimate of drug-likeness (QED) is 0.402. The van der Waals surface area contributed by atoms with Crippen LogP contribution in [0.15, 0.2) is 90.6 Å². The molecule has 5 rings (SSSR count). The average molecular weight is 456 g/mol. The number of anilines is 2. The molecule has 0 saturated heterocycles. The standard InChI is InChI=1S/C27H18F2N2O3/c1-34-19-12-9-17(10-13-19)24-25(30-18-11-14-21(28)22(29)15-18)27(33)31(26(24)32)23-8-4-6-16-5-2-3-7-20(16)23/h2-15,30H,1H3. The number of hydrogen-bond acceptors (Lipinski definition) is 4. The van der Waals surface area contributed by atoms with Crippen molar-refractivity contribution < 1.29 is 23.1 Å². The van der Waals surface area contributed by atoms with Gasteiger partial charge in [0.2, 0.25) is 0 Å². The summed E-state index contributed by atoms with van der Waals surface area (Å²) in [6.45, 7) is 0. The maximum absolute atomic E-state index is 13.8. The van der Waals surface area contributed by atoms with Crippen LogP contribution in [-0.2, 0) is 9.59 Å². The number of rotatable bonds is 5. The van der Waals surface area contributed by atoms with Gasteiger partial charge in [0.1, 0.15) is 11.4 Å². The van der Waals surface area contributed by atoms with Crippen molar-refractivity contribution in [2.75, 3.05) is 17.3 Å². The lowest BCUT2D eigenvalue weighted by Gasteiger charge is -2.18. The molecular weight excluding hydrogens is 438 g/mol. The second kappa shape index (κ2) is 8.44. The maximum Gasteiger partial charge on any atom is 0.282 e. The molecule has 0 aromatic heterocycles. The van der Waals surface area contributed by atoms with Gasteiger partial charge in [0.15, 0.2) is 11.6 Å². The Labute approximate surface area is 193 Å². The zero-order chi connectivity index (χ0) is 23.8. The highest BCUT2D eigenvalue weighted by molar-refractivity contribution is 6.47. The van der Waals surface area contributed by atoms with Crippen molar-refractivity contribution in [2.45, 2.75) is 0 Å². The number of fused-ring (bicyclic) bond motifs is 1. The number of halogens is 2. The molecule has 0 saturated carbocycles. The van der Waals surface area contributed by atoms with E-state index in [4.69, 9.17) is 4.74 Å². The predicted octanol–water partition coefficient (Wildman–Crippen LogP) is 5.52. The zero-order valence-corrected chi connectivity index (χ0v) is 18.0. The third-order valence-electron chi connectivity index (χ3n) is 5.66. The average Bonchev–Trinajstić information content (AvgIpc) is 3.10. The number of hydrogen-bond donors (Lipinski definition) is 1. The topological polar surface area (TPSA) is 58.6 Å². The van der Waals surface area contributed by atoms with Crippen LogP contribution in [0.5, 0.6) is 5.75 Å². The van der Waals surface area contributed by atoms with Gasteiger partial charge >= 0.3 is 0 Å². The first-order valence-corrected chi connectivity index (χ1v) is 10.5. The van der Waals surface area contributed by atoms with E-state index in [1.54, 1.807) is 36.4 Å². The number of imide groups is 1. The molecule has 0 fully saturated rings. The largest absolute Gasteiger partial charge is 0.497 e. The van der Waals surface area contributed by atoms with Gasteiger partial charge in [-0.3, -0.25) is 9.59 Å². The van der Waals surface area contributed by atoms with Gasteiger partial charge in [0, 0.05) is 17.1 Å². The fourth-order valence-corrected chi connectivity index (χ4v) is 4.01. The van der Waals surface area contributed by atoms with Crippen LogP contribution >= 0.6 is 0 Å². The predicted molar refractivity (Wildman–Crippen MR) is 126 cm³/mol. The number of carbonyl (C=O) groups is 2. The van der Waals surface area contributed by atoms with E-state index < -0.39 is 23.4 Å². The van der Waals surface area contributed by atoms with Gasteiger partial charge in [-0.15, -0.1) is 0 Å². The summed E-state index contributed by atoms with van der Waals surface area (Å²) < 4.78 is 32.5. The van der Waals surface area contributed by atoms with Gasteiger partial charge in [0.25, 0.3) is 11.8 Å². The van der Waals surface area contributed by atoms with Crippen LogP contribution < -0.4 is 15.0 Å². The van der Waals surface area contributed by atoms with Gasteiger partial charge in [-0.25, -0.2) is 13.7 Å². The zero-order valence-electron chi connectivity index (χ0n) is 18.0. The summed E-state index contributed by atoms with van der Waals surface area (Å²) in [5.74, 6) is -2.63. The van der Waals surface area contributed by atoms with Crippen molar-refractivity contribution in [3.05, 3.63) is 108 Å². The number of nitrogens with zero attached hydrogens (tertiary/aromatic N) is 1. The van der Waals surface area contributed by atoms with E-state index in [2.05, 4.69) is 5.32 Å². The Bertz CT molecular complexity index is 1470. The molecule has 0 unspecified atom stereocenters. The van der Waals surface area contributed by atoms with Crippen molar-refractivity contribution in [2.24, 2.45) is 0 Å². The van der Waals surface area contributed by atoms with Crippen molar-refractivity contribution in [1.82, 2.24) is 0 Å². The molecule has 168 valence electrons. The van der Waals surface area contributed by atoms with Crippen LogP contribution in [-0.4, -0.2) is 18.9 Å². The smallest absolute Gasteiger partial charge is 0.282 e. The number of ether oxygens (including phenoxy) is 1. The van der Waals surface area contributed by atoms with Gasteiger partial charge in [-0.1, -0.05) is 48.5 Å². The van der Waals surface area contributed by atoms with E-state index in [0.29, 0.717) is 17.0 Å². The summed E-state index contributed by atoms with van der Waals surface area (Å²) in [5, 5.41) is 4.44. The first-order valence-electron chi connectivity index (χ1n) is 10.5. The van der Waals surface area contributed by atoms with Crippen LogP contribution in [0.4, 0.5) is 20.2 Å². The van der Waals surface area contributed by atoms with Gasteiger partial charge in [-0.2, -0.15) is 0 Å². The summed E-state index contributed by atoms with van der Waals surface area (Å²) in [7, 11) is 1.52. The molecule has 1 aliphatic heterocycles. The first kappa shape index (κ1) is 21.3. The molecule has 0 spiro atoms. The molecule has 0 aliphatic carbocycles. The van der Waals surface area contributed by atoms with Crippen LogP contribution in [0.3, 0.4) is 0 Å². The van der Waals surface area contributed by atoms with Crippen LogP contribution in [0, 0.1) is 11.6 Å². The molecule has 4 aromatic carbocycles. The summed E-state index contributed by atoms with van der Waals surface area (Å²) in [5.41, 5.74) is 1.13. The van der Waals surface area contributed by atoms with E-state index >= 15 is 0 Å². The van der Waals surface area contributed by atoms with E-state index in [1.165, 1.54) is 13.2 Å². The minimum Gasteiger partial charge on any atom is -0.497 e. The first-order chi connectivity index (χ1) is 16.5. The summed E-state index contributed by atoms with van der Waals surface area (Å²) in [6, 6.07) is 22.7. The Morgan fingerprint density at radius 3 is 2.26 bits per heavy atom. The fourth-order valence-electron chi connectivity index (χ4n) is 4.01. The van der Waals surface area contributed by atoms with Crippen LogP contribution in [0.1, 0.15) is 5.56 Å². The molecular formula is C27H18F2N2O3. The van der Waals surface area contributed by atoms with Crippen molar-refractivity contribution in [3.63, 3.8) is 0 Å². The second-order valence-electron chi connectivity index (χ2n) is 7.68. The Hall–Kier alpha value is -4.52. The van der Waals surface area contributed by atoms with Crippen molar-refractivity contribution >= 4 is 39.5 Å². The molecule has 1 N–H and O–H groups in total. The molecule has 1 heterocycles. The molecule has 1 aliphatic rings. The highest BCUT2D eigenvalue weighted by Gasteiger charge is 2.41. The minimum absolute atomic E-state index is 0.0332. The molecule has 34 heavy (non-hydrogen) atoms. The third kappa shape index (κ3) is 3.57. The minimum atomic E-state index is -1.07. The van der Waals surface area contributed by atoms with Crippen LogP contribution in [0.25, 0.3) is 16.3 Å².